The fourth-order valence-corrected chi connectivity index (χ4v) is 4.86. The Kier molecular flexibility index (Phi) is 15.4. The molecule has 1 aliphatic rings. The minimum absolute atomic E-state index is 0.00321. The van der Waals surface area contributed by atoms with Gasteiger partial charge in [0.2, 0.25) is 5.91 Å². The Bertz CT molecular complexity index is 1500. The van der Waals surface area contributed by atoms with Gasteiger partial charge >= 0.3 is 24.3 Å². The Morgan fingerprint density at radius 1 is 0.918 bits per heavy atom. The maximum absolute atomic E-state index is 13.6. The fraction of sp³-hybridized carbons (Fsp3) is 0.424. The number of imidazole rings is 1. The van der Waals surface area contributed by atoms with Crippen LogP contribution in [0.3, 0.4) is 0 Å². The van der Waals surface area contributed by atoms with E-state index >= 15 is 0 Å². The predicted molar refractivity (Wildman–Crippen MR) is 166 cm³/mol. The summed E-state index contributed by atoms with van der Waals surface area (Å²) in [6.45, 7) is 2.76. The summed E-state index contributed by atoms with van der Waals surface area (Å²) in [5.74, 6) is -4.43. The molecule has 4 N–H and O–H groups in total. The lowest BCUT2D eigenvalue weighted by Gasteiger charge is -2.34. The summed E-state index contributed by atoms with van der Waals surface area (Å²) in [5.41, 5.74) is 4.33. The minimum Gasteiger partial charge on any atom is -0.475 e. The lowest BCUT2D eigenvalue weighted by Crippen LogP contribution is -2.43. The molecule has 16 heteroatoms. The zero-order valence-electron chi connectivity index (χ0n) is 26.8. The average molecular weight is 701 g/mol. The molecule has 268 valence electrons. The highest BCUT2D eigenvalue weighted by atomic mass is 19.4. The highest BCUT2D eigenvalue weighted by molar-refractivity contribution is 5.84. The molecule has 0 saturated heterocycles. The first-order chi connectivity index (χ1) is 22.9. The number of carbonyl (C=O) groups excluding carboxylic acids is 2. The number of aromatic amines is 1. The lowest BCUT2D eigenvalue weighted by atomic mass is 9.92. The van der Waals surface area contributed by atoms with Crippen LogP contribution in [-0.2, 0) is 25.6 Å². The Labute approximate surface area is 278 Å². The van der Waals surface area contributed by atoms with Gasteiger partial charge in [-0.1, -0.05) is 74.4 Å². The average Bonchev–Trinajstić information content (AvgIpc) is 3.54. The number of hydrogen-bond acceptors (Lipinski definition) is 6. The second-order valence-corrected chi connectivity index (χ2v) is 11.0. The fourth-order valence-electron chi connectivity index (χ4n) is 4.86. The number of aliphatic carboxylic acids is 2. The van der Waals surface area contributed by atoms with Crippen molar-refractivity contribution in [2.24, 2.45) is 0 Å². The molecule has 0 fully saturated rings. The highest BCUT2D eigenvalue weighted by Crippen LogP contribution is 2.30. The standard InChI is InChI=1S/C29H36N4O2.2C2HF3O2/c1-3-23(34)15-8-5-9-17-25(28-30-20-26(31-28)22-13-6-4-7-14-22)32-29(35)27-24-16-11-10-12-21(24)18-19-33(27)2;2*3-2(4,5)1(6)7/h4,6-7,10-14,16,20,25,27H,3,5,8-9,15,17-19H2,1-2H3,(H,30,31)(H,32,35);2*(H,6,7)/t25-,27?;;/m0../s1. The second-order valence-electron chi connectivity index (χ2n) is 11.0. The van der Waals surface area contributed by atoms with E-state index < -0.39 is 24.3 Å². The molecule has 1 aromatic heterocycles. The van der Waals surface area contributed by atoms with Gasteiger partial charge in [-0.25, -0.2) is 14.6 Å². The number of amides is 1. The van der Waals surface area contributed by atoms with E-state index in [4.69, 9.17) is 19.8 Å². The third kappa shape index (κ3) is 13.4. The van der Waals surface area contributed by atoms with Crippen LogP contribution in [0.5, 0.6) is 0 Å². The monoisotopic (exact) mass is 700 g/mol. The van der Waals surface area contributed by atoms with Gasteiger partial charge < -0.3 is 20.5 Å². The summed E-state index contributed by atoms with van der Waals surface area (Å²) in [6.07, 6.45) is -2.61. The first-order valence-electron chi connectivity index (χ1n) is 15.3. The van der Waals surface area contributed by atoms with Crippen molar-refractivity contribution in [1.82, 2.24) is 20.2 Å². The summed E-state index contributed by atoms with van der Waals surface area (Å²) in [4.78, 5) is 53.3. The van der Waals surface area contributed by atoms with Gasteiger partial charge in [-0.05, 0) is 43.0 Å². The van der Waals surface area contributed by atoms with Gasteiger partial charge in [0.05, 0.1) is 17.9 Å². The van der Waals surface area contributed by atoms with E-state index in [0.29, 0.717) is 18.6 Å². The van der Waals surface area contributed by atoms with Crippen LogP contribution in [0.25, 0.3) is 11.3 Å². The topological polar surface area (TPSA) is 153 Å². The molecular weight excluding hydrogens is 662 g/mol. The van der Waals surface area contributed by atoms with E-state index in [1.54, 1.807) is 0 Å². The third-order valence-corrected chi connectivity index (χ3v) is 7.43. The number of nitrogens with zero attached hydrogens (tertiary/aromatic N) is 2. The summed E-state index contributed by atoms with van der Waals surface area (Å²) in [7, 11) is 2.01. The molecule has 0 spiro atoms. The number of likely N-dealkylation sites (N-methyl/N-ethyl adjacent to an activating group) is 1. The number of fused-ring (bicyclic) bond motifs is 1. The number of rotatable bonds is 11. The van der Waals surface area contributed by atoms with Crippen LogP contribution >= 0.6 is 0 Å². The number of carboxylic acid groups (broad SMARTS) is 2. The number of halogens is 6. The van der Waals surface area contributed by atoms with Gasteiger partial charge in [-0.15, -0.1) is 0 Å². The van der Waals surface area contributed by atoms with Crippen LogP contribution in [0, 0.1) is 0 Å². The molecule has 1 aliphatic heterocycles. The smallest absolute Gasteiger partial charge is 0.475 e. The first-order valence-corrected chi connectivity index (χ1v) is 15.3. The zero-order chi connectivity index (χ0) is 36.8. The summed E-state index contributed by atoms with van der Waals surface area (Å²) in [5, 5.41) is 17.6. The number of H-pyrrole nitrogens is 1. The summed E-state index contributed by atoms with van der Waals surface area (Å²) >= 11 is 0. The number of hydrogen-bond donors (Lipinski definition) is 4. The largest absolute Gasteiger partial charge is 0.490 e. The number of alkyl halides is 6. The maximum Gasteiger partial charge on any atom is 0.490 e. The van der Waals surface area contributed by atoms with Crippen LogP contribution < -0.4 is 5.32 Å². The van der Waals surface area contributed by atoms with Crippen LogP contribution in [0.2, 0.25) is 0 Å². The van der Waals surface area contributed by atoms with E-state index in [0.717, 1.165) is 61.3 Å². The number of Topliss-reactive ketones (excluding diaryl/α,β-unsaturated/α-hetero) is 1. The highest BCUT2D eigenvalue weighted by Gasteiger charge is 2.39. The van der Waals surface area contributed by atoms with Crippen molar-refractivity contribution in [1.29, 1.82) is 0 Å². The number of ketones is 1. The lowest BCUT2D eigenvalue weighted by molar-refractivity contribution is -0.193. The summed E-state index contributed by atoms with van der Waals surface area (Å²) < 4.78 is 63.5. The molecule has 0 radical (unpaired) electrons. The van der Waals surface area contributed by atoms with Crippen LogP contribution in [0.4, 0.5) is 26.3 Å². The molecule has 0 bridgehead atoms. The van der Waals surface area contributed by atoms with Crippen molar-refractivity contribution < 1.29 is 55.7 Å². The quantitative estimate of drug-likeness (QED) is 0.128. The number of nitrogens with one attached hydrogen (secondary N) is 2. The van der Waals surface area contributed by atoms with Crippen molar-refractivity contribution in [3.8, 4) is 11.3 Å². The van der Waals surface area contributed by atoms with Crippen molar-refractivity contribution in [2.75, 3.05) is 13.6 Å². The minimum atomic E-state index is -5.08. The van der Waals surface area contributed by atoms with Gasteiger partial charge in [0.1, 0.15) is 17.6 Å². The van der Waals surface area contributed by atoms with Gasteiger partial charge in [0.25, 0.3) is 0 Å². The molecule has 2 aromatic carbocycles. The van der Waals surface area contributed by atoms with Gasteiger partial charge in [-0.3, -0.25) is 14.5 Å². The van der Waals surface area contributed by atoms with Gasteiger partial charge in [0, 0.05) is 19.4 Å². The molecule has 3 aromatic rings. The number of carbonyl (C=O) groups is 4. The second kappa shape index (κ2) is 18.7. The molecule has 2 heterocycles. The van der Waals surface area contributed by atoms with E-state index in [1.165, 1.54) is 5.56 Å². The van der Waals surface area contributed by atoms with Crippen LogP contribution in [0.1, 0.15) is 74.5 Å². The number of aromatic nitrogens is 2. The third-order valence-electron chi connectivity index (χ3n) is 7.43. The summed E-state index contributed by atoms with van der Waals surface area (Å²) in [6, 6.07) is 17.8. The SMILES string of the molecule is CCC(=O)CCCCC[C@H](NC(=O)C1c2ccccc2CCN1C)c1ncc(-c2ccccc2)[nH]1.O=C(O)C(F)(F)F.O=C(O)C(F)(F)F. The predicted octanol–water partition coefficient (Wildman–Crippen LogP) is 6.66. The molecule has 0 saturated carbocycles. The number of benzene rings is 2. The Morgan fingerprint density at radius 2 is 1.49 bits per heavy atom. The van der Waals surface area contributed by atoms with Gasteiger partial charge in [0.15, 0.2) is 0 Å². The Morgan fingerprint density at radius 3 is 2.06 bits per heavy atom. The molecule has 1 unspecified atom stereocenters. The molecular formula is C33H38F6N4O6. The van der Waals surface area contributed by atoms with Gasteiger partial charge in [-0.2, -0.15) is 26.3 Å². The van der Waals surface area contributed by atoms with Crippen molar-refractivity contribution in [3.05, 3.63) is 77.7 Å². The van der Waals surface area contributed by atoms with E-state index in [9.17, 15) is 35.9 Å². The zero-order valence-corrected chi connectivity index (χ0v) is 26.8. The first kappa shape index (κ1) is 40.4. The molecule has 4 rings (SSSR count). The van der Waals surface area contributed by atoms with Crippen molar-refractivity contribution in [2.45, 2.75) is 76.3 Å². The maximum atomic E-state index is 13.6. The Balaban J connectivity index is 0.000000500. The number of carboxylic acids is 2. The molecule has 2 atom stereocenters. The normalized spacial score (nSPS) is 15.0. The number of unbranched alkanes of at least 4 members (excludes halogenated alkanes) is 2. The van der Waals surface area contributed by atoms with Crippen molar-refractivity contribution >= 4 is 23.6 Å². The van der Waals surface area contributed by atoms with Crippen LogP contribution in [-0.4, -0.2) is 74.7 Å². The van der Waals surface area contributed by atoms with Crippen LogP contribution in [0.15, 0.2) is 60.8 Å². The van der Waals surface area contributed by atoms with E-state index in [-0.39, 0.29) is 18.0 Å². The molecule has 0 aliphatic carbocycles. The Hall–Kier alpha value is -4.73. The molecule has 1 amide bonds. The van der Waals surface area contributed by atoms with E-state index in [2.05, 4.69) is 32.3 Å². The molecule has 49 heavy (non-hydrogen) atoms. The van der Waals surface area contributed by atoms with E-state index in [1.807, 2.05) is 62.6 Å². The van der Waals surface area contributed by atoms with Crippen molar-refractivity contribution in [3.63, 3.8) is 0 Å². The molecule has 10 nitrogen and oxygen atoms in total.